The van der Waals surface area contributed by atoms with Gasteiger partial charge in [0.2, 0.25) is 17.8 Å². The van der Waals surface area contributed by atoms with Crippen molar-refractivity contribution in [3.8, 4) is 0 Å². The molecule has 108 valence electrons. The van der Waals surface area contributed by atoms with E-state index in [0.717, 1.165) is 0 Å². The molecule has 0 saturated heterocycles. The van der Waals surface area contributed by atoms with Gasteiger partial charge in [-0.05, 0) is 18.6 Å². The standard InChI is InChI=1S/C7H8O3S.C3H6N6/c1-6-4-2-3-5-7(6)11(8,9)10;4-1-7-2(5)9-3(6)8-1/h2-5H,1H3,(H,8,9,10);(H6,4,5,6,7,8,9). The second-order valence-corrected chi connectivity index (χ2v) is 5.04. The van der Waals surface area contributed by atoms with E-state index in [2.05, 4.69) is 15.0 Å². The van der Waals surface area contributed by atoms with Crippen LogP contribution in [0.4, 0.5) is 17.8 Å². The molecule has 0 unspecified atom stereocenters. The molecule has 1 aromatic carbocycles. The summed E-state index contributed by atoms with van der Waals surface area (Å²) in [6.45, 7) is 1.63. The Bertz CT molecular complexity index is 653. The van der Waals surface area contributed by atoms with E-state index in [1.807, 2.05) is 0 Å². The highest BCUT2D eigenvalue weighted by Gasteiger charge is 2.10. The molecule has 0 aliphatic rings. The van der Waals surface area contributed by atoms with E-state index in [4.69, 9.17) is 21.8 Å². The van der Waals surface area contributed by atoms with Crippen LogP contribution in [0.1, 0.15) is 5.56 Å². The second-order valence-electron chi connectivity index (χ2n) is 3.65. The number of nitrogens with zero attached hydrogens (tertiary/aromatic N) is 3. The van der Waals surface area contributed by atoms with Crippen LogP contribution < -0.4 is 17.2 Å². The van der Waals surface area contributed by atoms with Gasteiger partial charge in [0.25, 0.3) is 10.1 Å². The monoisotopic (exact) mass is 298 g/mol. The van der Waals surface area contributed by atoms with Gasteiger partial charge in [-0.25, -0.2) is 0 Å². The van der Waals surface area contributed by atoms with Crippen LogP contribution in [-0.2, 0) is 10.1 Å². The predicted molar refractivity (Wildman–Crippen MR) is 74.1 cm³/mol. The van der Waals surface area contributed by atoms with Crippen LogP contribution in [0.2, 0.25) is 0 Å². The summed E-state index contributed by atoms with van der Waals surface area (Å²) in [5.74, 6) is 0.125. The fourth-order valence-electron chi connectivity index (χ4n) is 1.27. The molecule has 2 aromatic rings. The van der Waals surface area contributed by atoms with Gasteiger partial charge in [-0.3, -0.25) is 4.55 Å². The molecule has 2 rings (SSSR count). The van der Waals surface area contributed by atoms with Gasteiger partial charge in [-0.15, -0.1) is 0 Å². The molecule has 9 nitrogen and oxygen atoms in total. The van der Waals surface area contributed by atoms with Crippen LogP contribution in [0.3, 0.4) is 0 Å². The van der Waals surface area contributed by atoms with Gasteiger partial charge in [0.1, 0.15) is 0 Å². The largest absolute Gasteiger partial charge is 0.368 e. The van der Waals surface area contributed by atoms with Gasteiger partial charge in [0.05, 0.1) is 4.90 Å². The van der Waals surface area contributed by atoms with E-state index >= 15 is 0 Å². The number of aromatic nitrogens is 3. The molecule has 0 aliphatic heterocycles. The number of aryl methyl sites for hydroxylation is 1. The fourth-order valence-corrected chi connectivity index (χ4v) is 2.00. The van der Waals surface area contributed by atoms with E-state index in [-0.39, 0.29) is 22.7 Å². The highest BCUT2D eigenvalue weighted by molar-refractivity contribution is 7.85. The number of benzene rings is 1. The maximum Gasteiger partial charge on any atom is 0.294 e. The van der Waals surface area contributed by atoms with Gasteiger partial charge in [-0.1, -0.05) is 18.2 Å². The molecule has 0 fully saturated rings. The molecule has 0 bridgehead atoms. The lowest BCUT2D eigenvalue weighted by Gasteiger charge is -1.99. The van der Waals surface area contributed by atoms with Crippen LogP contribution in [0, 0.1) is 6.92 Å². The number of hydrogen-bond donors (Lipinski definition) is 4. The molecule has 1 heterocycles. The summed E-state index contributed by atoms with van der Waals surface area (Å²) in [4.78, 5) is 10.4. The Kier molecular flexibility index (Phi) is 4.78. The molecule has 20 heavy (non-hydrogen) atoms. The summed E-state index contributed by atoms with van der Waals surface area (Å²) in [6.07, 6.45) is 0. The molecule has 0 radical (unpaired) electrons. The first-order chi connectivity index (χ1) is 9.20. The summed E-state index contributed by atoms with van der Waals surface area (Å²) in [7, 11) is -4.03. The molecular weight excluding hydrogens is 284 g/mol. The lowest BCUT2D eigenvalue weighted by atomic mass is 10.2. The highest BCUT2D eigenvalue weighted by Crippen LogP contribution is 2.12. The van der Waals surface area contributed by atoms with Crippen molar-refractivity contribution in [3.63, 3.8) is 0 Å². The summed E-state index contributed by atoms with van der Waals surface area (Å²) in [5, 5.41) is 0. The number of nitrogens with two attached hydrogens (primary N) is 3. The maximum absolute atomic E-state index is 10.6. The summed E-state index contributed by atoms with van der Waals surface area (Å²) < 4.78 is 29.9. The first-order valence-corrected chi connectivity index (χ1v) is 6.70. The van der Waals surface area contributed by atoms with Crippen LogP contribution in [0.5, 0.6) is 0 Å². The maximum atomic E-state index is 10.6. The zero-order chi connectivity index (χ0) is 15.3. The summed E-state index contributed by atoms with van der Waals surface area (Å²) >= 11 is 0. The smallest absolute Gasteiger partial charge is 0.294 e. The van der Waals surface area contributed by atoms with E-state index in [1.165, 1.54) is 6.07 Å². The van der Waals surface area contributed by atoms with Gasteiger partial charge in [0.15, 0.2) is 0 Å². The van der Waals surface area contributed by atoms with E-state index in [1.54, 1.807) is 25.1 Å². The molecular formula is C10H14N6O3S. The predicted octanol–water partition coefficient (Wildman–Crippen LogP) is -0.140. The fraction of sp³-hybridized carbons (Fsp3) is 0.100. The molecule has 0 saturated carbocycles. The molecule has 0 amide bonds. The Morgan fingerprint density at radius 1 is 0.950 bits per heavy atom. The zero-order valence-electron chi connectivity index (χ0n) is 10.6. The van der Waals surface area contributed by atoms with Crippen molar-refractivity contribution >= 4 is 28.0 Å². The Hall–Kier alpha value is -2.46. The van der Waals surface area contributed by atoms with Gasteiger partial charge in [0, 0.05) is 0 Å². The van der Waals surface area contributed by atoms with E-state index in [9.17, 15) is 8.42 Å². The lowest BCUT2D eigenvalue weighted by Crippen LogP contribution is -2.05. The van der Waals surface area contributed by atoms with Crippen molar-refractivity contribution in [2.75, 3.05) is 17.2 Å². The van der Waals surface area contributed by atoms with Crippen molar-refractivity contribution in [1.29, 1.82) is 0 Å². The number of anilines is 3. The Morgan fingerprint density at radius 3 is 1.65 bits per heavy atom. The SMILES string of the molecule is Cc1ccccc1S(=O)(=O)O.Nc1nc(N)nc(N)n1. The third-order valence-electron chi connectivity index (χ3n) is 2.06. The van der Waals surface area contributed by atoms with Crippen LogP contribution in [-0.4, -0.2) is 27.9 Å². The molecule has 0 atom stereocenters. The normalized spacial score (nSPS) is 10.5. The van der Waals surface area contributed by atoms with Crippen LogP contribution in [0.15, 0.2) is 29.2 Å². The zero-order valence-corrected chi connectivity index (χ0v) is 11.4. The minimum atomic E-state index is -4.03. The topological polar surface area (TPSA) is 171 Å². The van der Waals surface area contributed by atoms with Crippen molar-refractivity contribution in [2.24, 2.45) is 0 Å². The van der Waals surface area contributed by atoms with Crippen molar-refractivity contribution in [1.82, 2.24) is 15.0 Å². The summed E-state index contributed by atoms with van der Waals surface area (Å²) in [6, 6.07) is 6.27. The third-order valence-corrected chi connectivity index (χ3v) is 3.07. The minimum absolute atomic E-state index is 0.0278. The lowest BCUT2D eigenvalue weighted by molar-refractivity contribution is 0.482. The van der Waals surface area contributed by atoms with Crippen molar-refractivity contribution in [2.45, 2.75) is 11.8 Å². The Morgan fingerprint density at radius 2 is 1.35 bits per heavy atom. The van der Waals surface area contributed by atoms with Gasteiger partial charge < -0.3 is 17.2 Å². The van der Waals surface area contributed by atoms with Gasteiger partial charge in [-0.2, -0.15) is 23.4 Å². The second kappa shape index (κ2) is 6.12. The first kappa shape index (κ1) is 15.6. The van der Waals surface area contributed by atoms with E-state index in [0.29, 0.717) is 5.56 Å². The molecule has 7 N–H and O–H groups in total. The highest BCUT2D eigenvalue weighted by atomic mass is 32.2. The average Bonchev–Trinajstić information content (AvgIpc) is 2.26. The Balaban J connectivity index is 0.000000204. The molecule has 0 spiro atoms. The number of rotatable bonds is 1. The molecule has 10 heteroatoms. The molecule has 0 aliphatic carbocycles. The molecule has 1 aromatic heterocycles. The van der Waals surface area contributed by atoms with Crippen molar-refractivity contribution < 1.29 is 13.0 Å². The average molecular weight is 298 g/mol. The van der Waals surface area contributed by atoms with E-state index < -0.39 is 10.1 Å². The summed E-state index contributed by atoms with van der Waals surface area (Å²) in [5.41, 5.74) is 16.0. The third kappa shape index (κ3) is 4.66. The quantitative estimate of drug-likeness (QED) is 0.523. The van der Waals surface area contributed by atoms with Crippen LogP contribution >= 0.6 is 0 Å². The Labute approximate surface area is 115 Å². The van der Waals surface area contributed by atoms with Gasteiger partial charge >= 0.3 is 0 Å². The number of nitrogen functional groups attached to an aromatic ring is 3. The minimum Gasteiger partial charge on any atom is -0.368 e. The van der Waals surface area contributed by atoms with Crippen molar-refractivity contribution in [3.05, 3.63) is 29.8 Å². The first-order valence-electron chi connectivity index (χ1n) is 5.26. The number of hydrogen-bond acceptors (Lipinski definition) is 8. The van der Waals surface area contributed by atoms with Crippen LogP contribution in [0.25, 0.3) is 0 Å².